The summed E-state index contributed by atoms with van der Waals surface area (Å²) in [5, 5.41) is 3.88. The summed E-state index contributed by atoms with van der Waals surface area (Å²) in [5.41, 5.74) is 2.96. The molecule has 158 valence electrons. The predicted molar refractivity (Wildman–Crippen MR) is 121 cm³/mol. The Morgan fingerprint density at radius 2 is 1.67 bits per heavy atom. The molecule has 0 bridgehead atoms. The lowest BCUT2D eigenvalue weighted by molar-refractivity contribution is 0.347. The number of rotatable bonds is 8. The molecule has 30 heavy (non-hydrogen) atoms. The van der Waals surface area contributed by atoms with Crippen molar-refractivity contribution in [3.63, 3.8) is 0 Å². The Kier molecular flexibility index (Phi) is 7.19. The molecule has 1 aromatic heterocycles. The number of hydrogen-bond donors (Lipinski definition) is 1. The highest BCUT2D eigenvalue weighted by Crippen LogP contribution is 2.29. The Labute approximate surface area is 182 Å². The number of ether oxygens (including phenoxy) is 3. The van der Waals surface area contributed by atoms with Gasteiger partial charge in [-0.1, -0.05) is 12.1 Å². The highest BCUT2D eigenvalue weighted by Gasteiger charge is 2.16. The lowest BCUT2D eigenvalue weighted by Crippen LogP contribution is -2.33. The van der Waals surface area contributed by atoms with Crippen molar-refractivity contribution < 1.29 is 18.6 Å². The van der Waals surface area contributed by atoms with Crippen LogP contribution in [-0.2, 0) is 13.1 Å². The topological polar surface area (TPSA) is 56.1 Å². The minimum absolute atomic E-state index is 0.515. The van der Waals surface area contributed by atoms with Crippen molar-refractivity contribution in [2.45, 2.75) is 20.0 Å². The number of nitrogens with one attached hydrogen (secondary N) is 1. The molecule has 0 fully saturated rings. The average Bonchev–Trinajstić information content (AvgIpc) is 3.26. The Balaban J connectivity index is 1.85. The molecule has 0 saturated carbocycles. The largest absolute Gasteiger partial charge is 0.495 e. The molecule has 0 radical (unpaired) electrons. The van der Waals surface area contributed by atoms with Crippen LogP contribution >= 0.6 is 12.2 Å². The van der Waals surface area contributed by atoms with Crippen LogP contribution in [0.5, 0.6) is 17.2 Å². The molecule has 2 aromatic carbocycles. The van der Waals surface area contributed by atoms with Crippen LogP contribution in [0.2, 0.25) is 0 Å². The summed E-state index contributed by atoms with van der Waals surface area (Å²) in [4.78, 5) is 2.02. The SMILES string of the molecule is COc1ccc(C)cc1NC(=S)N(Cc1ccc(OC)c(OC)c1)Cc1ccco1. The van der Waals surface area contributed by atoms with Gasteiger partial charge in [0.25, 0.3) is 0 Å². The fourth-order valence-electron chi connectivity index (χ4n) is 3.10. The van der Waals surface area contributed by atoms with Crippen molar-refractivity contribution >= 4 is 23.0 Å². The van der Waals surface area contributed by atoms with E-state index in [9.17, 15) is 0 Å². The molecule has 6 nitrogen and oxygen atoms in total. The van der Waals surface area contributed by atoms with E-state index in [2.05, 4.69) is 5.32 Å². The molecule has 1 N–H and O–H groups in total. The highest BCUT2D eigenvalue weighted by molar-refractivity contribution is 7.80. The maximum Gasteiger partial charge on any atom is 0.174 e. The summed E-state index contributed by atoms with van der Waals surface area (Å²) < 4.78 is 21.8. The molecule has 0 aliphatic rings. The molecule has 0 aliphatic carbocycles. The summed E-state index contributed by atoms with van der Waals surface area (Å²) in [7, 11) is 4.89. The molecule has 3 rings (SSSR count). The van der Waals surface area contributed by atoms with Crippen molar-refractivity contribution in [2.24, 2.45) is 0 Å². The van der Waals surface area contributed by atoms with Gasteiger partial charge in [-0.05, 0) is 66.7 Å². The first-order valence-electron chi connectivity index (χ1n) is 9.48. The van der Waals surface area contributed by atoms with Gasteiger partial charge in [-0.25, -0.2) is 0 Å². The van der Waals surface area contributed by atoms with Gasteiger partial charge in [0.05, 0.1) is 39.8 Å². The molecule has 0 aliphatic heterocycles. The maximum absolute atomic E-state index is 5.75. The van der Waals surface area contributed by atoms with Gasteiger partial charge in [0.1, 0.15) is 11.5 Å². The van der Waals surface area contributed by atoms with E-state index in [1.165, 1.54) is 0 Å². The van der Waals surface area contributed by atoms with E-state index in [1.54, 1.807) is 27.6 Å². The van der Waals surface area contributed by atoms with Crippen LogP contribution in [0.15, 0.2) is 59.2 Å². The van der Waals surface area contributed by atoms with Crippen LogP contribution in [-0.4, -0.2) is 31.3 Å². The summed E-state index contributed by atoms with van der Waals surface area (Å²) in [5.74, 6) is 2.90. The van der Waals surface area contributed by atoms with E-state index in [-0.39, 0.29) is 0 Å². The molecular weight excluding hydrogens is 400 g/mol. The Bertz CT molecular complexity index is 989. The van der Waals surface area contributed by atoms with Gasteiger partial charge in [-0.2, -0.15) is 0 Å². The summed E-state index contributed by atoms with van der Waals surface area (Å²) in [6.07, 6.45) is 1.66. The molecule has 0 unspecified atom stereocenters. The minimum atomic E-state index is 0.515. The second kappa shape index (κ2) is 10.0. The number of methoxy groups -OCH3 is 3. The lowest BCUT2D eigenvalue weighted by Gasteiger charge is -2.26. The highest BCUT2D eigenvalue weighted by atomic mass is 32.1. The van der Waals surface area contributed by atoms with Gasteiger partial charge in [0, 0.05) is 6.54 Å². The summed E-state index contributed by atoms with van der Waals surface area (Å²) in [6, 6.07) is 15.5. The van der Waals surface area contributed by atoms with Crippen LogP contribution < -0.4 is 19.5 Å². The monoisotopic (exact) mass is 426 g/mol. The molecule has 1 heterocycles. The van der Waals surface area contributed by atoms with Crippen molar-refractivity contribution in [3.8, 4) is 17.2 Å². The summed E-state index contributed by atoms with van der Waals surface area (Å²) >= 11 is 5.75. The molecule has 7 heteroatoms. The molecule has 0 amide bonds. The van der Waals surface area contributed by atoms with Crippen LogP contribution in [0.3, 0.4) is 0 Å². The number of benzene rings is 2. The van der Waals surface area contributed by atoms with Gasteiger partial charge in [-0.3, -0.25) is 0 Å². The smallest absolute Gasteiger partial charge is 0.174 e. The Morgan fingerprint density at radius 1 is 0.933 bits per heavy atom. The number of thiocarbonyl (C=S) groups is 1. The van der Waals surface area contributed by atoms with Crippen molar-refractivity contribution in [1.29, 1.82) is 0 Å². The zero-order chi connectivity index (χ0) is 21.5. The molecule has 0 atom stereocenters. The van der Waals surface area contributed by atoms with E-state index >= 15 is 0 Å². The van der Waals surface area contributed by atoms with Gasteiger partial charge >= 0.3 is 0 Å². The van der Waals surface area contributed by atoms with Crippen LogP contribution in [0, 0.1) is 6.92 Å². The zero-order valence-corrected chi connectivity index (χ0v) is 18.4. The lowest BCUT2D eigenvalue weighted by atomic mass is 10.2. The number of hydrogen-bond acceptors (Lipinski definition) is 5. The number of anilines is 1. The first-order valence-corrected chi connectivity index (χ1v) is 9.88. The second-order valence-electron chi connectivity index (χ2n) is 6.76. The third kappa shape index (κ3) is 5.24. The molecule has 3 aromatic rings. The quantitative estimate of drug-likeness (QED) is 0.508. The first-order chi connectivity index (χ1) is 14.5. The van der Waals surface area contributed by atoms with Gasteiger partial charge in [0.15, 0.2) is 16.6 Å². The fraction of sp³-hybridized carbons (Fsp3) is 0.261. The molecular formula is C23H26N2O4S. The van der Waals surface area contributed by atoms with Crippen molar-refractivity contribution in [3.05, 3.63) is 71.7 Å². The van der Waals surface area contributed by atoms with E-state index in [4.69, 9.17) is 30.8 Å². The third-order valence-corrected chi connectivity index (χ3v) is 4.99. The minimum Gasteiger partial charge on any atom is -0.495 e. The number of furan rings is 1. The van der Waals surface area contributed by atoms with E-state index < -0.39 is 0 Å². The number of nitrogens with zero attached hydrogens (tertiary/aromatic N) is 1. The Morgan fingerprint density at radius 3 is 2.33 bits per heavy atom. The Hall–Kier alpha value is -3.19. The molecule has 0 spiro atoms. The maximum atomic E-state index is 5.75. The van der Waals surface area contributed by atoms with Crippen molar-refractivity contribution in [1.82, 2.24) is 4.90 Å². The van der Waals surface area contributed by atoms with Gasteiger partial charge in [-0.15, -0.1) is 0 Å². The standard InChI is InChI=1S/C23H26N2O4S/c1-16-7-9-20(26-2)19(12-16)24-23(30)25(15-18-6-5-11-29-18)14-17-8-10-21(27-3)22(13-17)28-4/h5-13H,14-15H2,1-4H3,(H,24,30). The molecule has 0 saturated heterocycles. The number of aryl methyl sites for hydroxylation is 1. The summed E-state index contributed by atoms with van der Waals surface area (Å²) in [6.45, 7) is 3.10. The van der Waals surface area contributed by atoms with Crippen LogP contribution in [0.4, 0.5) is 5.69 Å². The van der Waals surface area contributed by atoms with Crippen LogP contribution in [0.1, 0.15) is 16.9 Å². The van der Waals surface area contributed by atoms with E-state index in [1.807, 2.05) is 60.4 Å². The zero-order valence-electron chi connectivity index (χ0n) is 17.6. The van der Waals surface area contributed by atoms with Crippen molar-refractivity contribution in [2.75, 3.05) is 26.6 Å². The predicted octanol–water partition coefficient (Wildman–Crippen LogP) is 5.01. The average molecular weight is 427 g/mol. The van der Waals surface area contributed by atoms with Gasteiger partial charge < -0.3 is 28.8 Å². The van der Waals surface area contributed by atoms with E-state index in [0.29, 0.717) is 29.7 Å². The first kappa shape index (κ1) is 21.5. The fourth-order valence-corrected chi connectivity index (χ4v) is 3.34. The third-order valence-electron chi connectivity index (χ3n) is 4.63. The second-order valence-corrected chi connectivity index (χ2v) is 7.15. The van der Waals surface area contributed by atoms with Gasteiger partial charge in [0.2, 0.25) is 0 Å². The normalized spacial score (nSPS) is 10.4. The van der Waals surface area contributed by atoms with E-state index in [0.717, 1.165) is 28.3 Å². The van der Waals surface area contributed by atoms with Crippen LogP contribution in [0.25, 0.3) is 0 Å².